The van der Waals surface area contributed by atoms with Crippen molar-refractivity contribution < 1.29 is 14.0 Å². The van der Waals surface area contributed by atoms with E-state index in [0.717, 1.165) is 43.0 Å². The molecule has 0 radical (unpaired) electrons. The topological polar surface area (TPSA) is 61.4 Å². The minimum Gasteiger partial charge on any atom is -0.371 e. The fourth-order valence-corrected chi connectivity index (χ4v) is 7.29. The van der Waals surface area contributed by atoms with Crippen molar-refractivity contribution in [3.63, 3.8) is 0 Å². The predicted octanol–water partition coefficient (Wildman–Crippen LogP) is 3.49. The van der Waals surface area contributed by atoms with Crippen LogP contribution >= 0.6 is 0 Å². The van der Waals surface area contributed by atoms with Crippen LogP contribution in [-0.2, 0) is 9.59 Å². The van der Waals surface area contributed by atoms with Crippen molar-refractivity contribution in [2.24, 2.45) is 29.1 Å². The number of nitrogens with zero attached hydrogens (tertiary/aromatic N) is 1. The monoisotopic (exact) mass is 427 g/mol. The first-order valence-electron chi connectivity index (χ1n) is 12.0. The van der Waals surface area contributed by atoms with Crippen LogP contribution in [0.5, 0.6) is 0 Å². The summed E-state index contributed by atoms with van der Waals surface area (Å²) in [4.78, 5) is 27.1. The van der Waals surface area contributed by atoms with E-state index < -0.39 is 0 Å². The molecule has 1 saturated heterocycles. The molecule has 168 valence electrons. The number of benzene rings is 1. The minimum absolute atomic E-state index is 0.0421. The largest absolute Gasteiger partial charge is 0.371 e. The van der Waals surface area contributed by atoms with Crippen LogP contribution in [0.25, 0.3) is 0 Å². The molecule has 1 atom stereocenters. The molecule has 2 amide bonds. The average molecular weight is 428 g/mol. The number of amides is 2. The van der Waals surface area contributed by atoms with Gasteiger partial charge in [-0.25, -0.2) is 4.39 Å². The van der Waals surface area contributed by atoms with Crippen molar-refractivity contribution in [2.45, 2.75) is 51.4 Å². The molecule has 31 heavy (non-hydrogen) atoms. The van der Waals surface area contributed by atoms with E-state index in [9.17, 15) is 14.0 Å². The van der Waals surface area contributed by atoms with E-state index in [2.05, 4.69) is 15.5 Å². The first-order chi connectivity index (χ1) is 15.0. The van der Waals surface area contributed by atoms with Gasteiger partial charge in [0.05, 0.1) is 6.54 Å². The number of carbonyl (C=O) groups excluding carboxylic acids is 2. The number of carbonyl (C=O) groups is 2. The van der Waals surface area contributed by atoms with Crippen molar-refractivity contribution in [1.82, 2.24) is 10.6 Å². The molecule has 4 aliphatic carbocycles. The normalized spacial score (nSPS) is 33.5. The zero-order chi connectivity index (χ0) is 21.4. The Labute approximate surface area is 184 Å². The third kappa shape index (κ3) is 4.73. The molecule has 0 aromatic heterocycles. The average Bonchev–Trinajstić information content (AvgIpc) is 3.19. The van der Waals surface area contributed by atoms with Crippen molar-refractivity contribution in [2.75, 3.05) is 31.1 Å². The lowest BCUT2D eigenvalue weighted by atomic mass is 9.49. The Balaban J connectivity index is 1.02. The molecule has 6 heteroatoms. The van der Waals surface area contributed by atoms with Crippen molar-refractivity contribution in [3.8, 4) is 0 Å². The molecule has 5 aliphatic rings. The standard InChI is InChI=1S/C25H34FN3O2/c26-21-1-3-22(4-2-21)29-6-5-17(16-29)14-27-24(31)15-28-23(30)13-25-10-18-7-19(11-25)9-20(8-18)12-25/h1-4,17-20H,5-16H2,(H,27,31)(H,28,30). The quantitative estimate of drug-likeness (QED) is 0.700. The van der Waals surface area contributed by atoms with Gasteiger partial charge in [-0.2, -0.15) is 0 Å². The summed E-state index contributed by atoms with van der Waals surface area (Å²) in [6, 6.07) is 6.57. The second-order valence-corrected chi connectivity index (χ2v) is 10.8. The van der Waals surface area contributed by atoms with Gasteiger partial charge < -0.3 is 15.5 Å². The Morgan fingerprint density at radius 2 is 1.61 bits per heavy atom. The van der Waals surface area contributed by atoms with Crippen molar-refractivity contribution >= 4 is 17.5 Å². The predicted molar refractivity (Wildman–Crippen MR) is 118 cm³/mol. The Hall–Kier alpha value is -2.11. The van der Waals surface area contributed by atoms with Crippen molar-refractivity contribution in [3.05, 3.63) is 30.1 Å². The van der Waals surface area contributed by atoms with E-state index in [4.69, 9.17) is 0 Å². The number of anilines is 1. The molecule has 6 rings (SSSR count). The van der Waals surface area contributed by atoms with Gasteiger partial charge in [0.25, 0.3) is 0 Å². The van der Waals surface area contributed by atoms with Gasteiger partial charge in [0.2, 0.25) is 11.8 Å². The third-order valence-electron chi connectivity index (χ3n) is 8.21. The smallest absolute Gasteiger partial charge is 0.239 e. The van der Waals surface area contributed by atoms with Crippen LogP contribution in [0.3, 0.4) is 0 Å². The maximum absolute atomic E-state index is 13.1. The summed E-state index contributed by atoms with van der Waals surface area (Å²) in [6.45, 7) is 2.44. The van der Waals surface area contributed by atoms with Crippen LogP contribution < -0.4 is 15.5 Å². The molecule has 1 aromatic carbocycles. The minimum atomic E-state index is -0.225. The molecule has 2 N–H and O–H groups in total. The zero-order valence-electron chi connectivity index (χ0n) is 18.2. The number of rotatable bonds is 7. The lowest BCUT2D eigenvalue weighted by Gasteiger charge is -2.56. The van der Waals surface area contributed by atoms with E-state index >= 15 is 0 Å². The van der Waals surface area contributed by atoms with Crippen LogP contribution in [0.4, 0.5) is 10.1 Å². The van der Waals surface area contributed by atoms with E-state index in [1.807, 2.05) is 0 Å². The highest BCUT2D eigenvalue weighted by atomic mass is 19.1. The van der Waals surface area contributed by atoms with Crippen LogP contribution in [-0.4, -0.2) is 38.0 Å². The van der Waals surface area contributed by atoms with Gasteiger partial charge in [-0.1, -0.05) is 0 Å². The summed E-state index contributed by atoms with van der Waals surface area (Å²) in [7, 11) is 0. The second-order valence-electron chi connectivity index (χ2n) is 10.8. The Bertz CT molecular complexity index is 789. The van der Waals surface area contributed by atoms with Gasteiger partial charge in [-0.05, 0) is 98.3 Å². The van der Waals surface area contributed by atoms with Crippen LogP contribution in [0, 0.1) is 34.9 Å². The van der Waals surface area contributed by atoms with E-state index in [1.54, 1.807) is 12.1 Å². The highest BCUT2D eigenvalue weighted by Gasteiger charge is 2.51. The lowest BCUT2D eigenvalue weighted by Crippen LogP contribution is -2.48. The SMILES string of the molecule is O=C(CNC(=O)CC12CC3CC(CC(C3)C1)C2)NCC1CCN(c2ccc(F)cc2)C1. The van der Waals surface area contributed by atoms with E-state index in [0.29, 0.717) is 18.9 Å². The Kier molecular flexibility index (Phi) is 5.65. The van der Waals surface area contributed by atoms with Gasteiger partial charge in [-0.15, -0.1) is 0 Å². The lowest BCUT2D eigenvalue weighted by molar-refractivity contribution is -0.131. The van der Waals surface area contributed by atoms with Crippen LogP contribution in [0.15, 0.2) is 24.3 Å². The van der Waals surface area contributed by atoms with Crippen LogP contribution in [0.1, 0.15) is 51.4 Å². The highest BCUT2D eigenvalue weighted by Crippen LogP contribution is 2.61. The molecule has 0 spiro atoms. The second kappa shape index (κ2) is 8.44. The van der Waals surface area contributed by atoms with Gasteiger partial charge in [0.15, 0.2) is 0 Å². The summed E-state index contributed by atoms with van der Waals surface area (Å²) in [5, 5.41) is 5.86. The molecule has 1 aromatic rings. The molecule has 1 aliphatic heterocycles. The fourth-order valence-electron chi connectivity index (χ4n) is 7.29. The Morgan fingerprint density at radius 1 is 0.968 bits per heavy atom. The van der Waals surface area contributed by atoms with Gasteiger partial charge >= 0.3 is 0 Å². The maximum atomic E-state index is 13.1. The molecule has 1 unspecified atom stereocenters. The third-order valence-corrected chi connectivity index (χ3v) is 8.21. The number of hydrogen-bond acceptors (Lipinski definition) is 3. The molecule has 4 bridgehead atoms. The number of hydrogen-bond donors (Lipinski definition) is 2. The Morgan fingerprint density at radius 3 is 2.26 bits per heavy atom. The molecule has 5 nitrogen and oxygen atoms in total. The van der Waals surface area contributed by atoms with E-state index in [-0.39, 0.29) is 29.6 Å². The molecule has 5 fully saturated rings. The number of nitrogens with one attached hydrogen (secondary N) is 2. The van der Waals surface area contributed by atoms with Crippen molar-refractivity contribution in [1.29, 1.82) is 0 Å². The summed E-state index contributed by atoms with van der Waals surface area (Å²) in [5.41, 5.74) is 1.23. The molecular formula is C25H34FN3O2. The summed E-state index contributed by atoms with van der Waals surface area (Å²) in [6.07, 6.45) is 9.37. The summed E-state index contributed by atoms with van der Waals surface area (Å²) < 4.78 is 13.1. The molecular weight excluding hydrogens is 393 g/mol. The van der Waals surface area contributed by atoms with Crippen LogP contribution in [0.2, 0.25) is 0 Å². The maximum Gasteiger partial charge on any atom is 0.239 e. The summed E-state index contributed by atoms with van der Waals surface area (Å²) >= 11 is 0. The molecule has 4 saturated carbocycles. The van der Waals surface area contributed by atoms with Gasteiger partial charge in [0, 0.05) is 31.7 Å². The zero-order valence-corrected chi connectivity index (χ0v) is 18.2. The number of halogens is 1. The van der Waals surface area contributed by atoms with Gasteiger partial charge in [-0.3, -0.25) is 9.59 Å². The highest BCUT2D eigenvalue weighted by molar-refractivity contribution is 5.85. The first kappa shape index (κ1) is 20.8. The fraction of sp³-hybridized carbons (Fsp3) is 0.680. The first-order valence-corrected chi connectivity index (χ1v) is 12.0. The van der Waals surface area contributed by atoms with Gasteiger partial charge in [0.1, 0.15) is 5.82 Å². The molecule has 1 heterocycles. The summed E-state index contributed by atoms with van der Waals surface area (Å²) in [5.74, 6) is 2.59. The van der Waals surface area contributed by atoms with E-state index in [1.165, 1.54) is 50.7 Å².